The van der Waals surface area contributed by atoms with Crippen molar-refractivity contribution in [1.82, 2.24) is 9.55 Å². The van der Waals surface area contributed by atoms with E-state index in [4.69, 9.17) is 23.2 Å². The molecule has 1 atom stereocenters. The Bertz CT molecular complexity index is 810. The summed E-state index contributed by atoms with van der Waals surface area (Å²) >= 11 is 12.6. The summed E-state index contributed by atoms with van der Waals surface area (Å²) in [5.41, 5.74) is 2.18. The molecular formula is C20H18Cl2N2. The van der Waals surface area contributed by atoms with Crippen LogP contribution in [0.15, 0.2) is 73.3 Å². The van der Waals surface area contributed by atoms with E-state index in [1.54, 1.807) is 6.20 Å². The molecule has 2 aromatic carbocycles. The van der Waals surface area contributed by atoms with Gasteiger partial charge < -0.3 is 4.57 Å². The zero-order chi connectivity index (χ0) is 16.8. The first-order valence-corrected chi connectivity index (χ1v) is 8.61. The van der Waals surface area contributed by atoms with Crippen molar-refractivity contribution in [3.63, 3.8) is 0 Å². The van der Waals surface area contributed by atoms with Crippen LogP contribution < -0.4 is 0 Å². The Labute approximate surface area is 152 Å². The van der Waals surface area contributed by atoms with Crippen molar-refractivity contribution in [2.45, 2.75) is 18.9 Å². The van der Waals surface area contributed by atoms with Gasteiger partial charge in [0, 0.05) is 34.9 Å². The third kappa shape index (κ3) is 4.28. The highest BCUT2D eigenvalue weighted by atomic mass is 35.5. The highest BCUT2D eigenvalue weighted by Gasteiger charge is 2.14. The molecule has 0 radical (unpaired) electrons. The normalized spacial score (nSPS) is 12.6. The molecule has 2 nitrogen and oxygen atoms in total. The van der Waals surface area contributed by atoms with E-state index in [0.717, 1.165) is 34.1 Å². The Balaban J connectivity index is 1.80. The van der Waals surface area contributed by atoms with Crippen molar-refractivity contribution < 1.29 is 0 Å². The van der Waals surface area contributed by atoms with E-state index in [1.807, 2.05) is 55.0 Å². The van der Waals surface area contributed by atoms with E-state index >= 15 is 0 Å². The molecule has 0 aliphatic heterocycles. The molecule has 0 bridgehead atoms. The number of rotatable bonds is 6. The maximum atomic E-state index is 6.41. The van der Waals surface area contributed by atoms with Gasteiger partial charge in [0.05, 0.1) is 6.33 Å². The molecule has 0 saturated carbocycles. The Morgan fingerprint density at radius 3 is 2.46 bits per heavy atom. The second-order valence-corrected chi connectivity index (χ2v) is 6.45. The molecule has 1 aromatic heterocycles. The van der Waals surface area contributed by atoms with E-state index in [9.17, 15) is 0 Å². The number of allylic oxidation sites excluding steroid dienone is 1. The summed E-state index contributed by atoms with van der Waals surface area (Å²) in [6.07, 6.45) is 10.7. The standard InChI is InChI=1S/C20H18Cl2N2/c21-19-10-3-1-6-16(19)7-5-8-17(14-24-13-12-23-15-24)18-9-2-4-11-20(18)22/h1-7,9-13,15,17H,8,14H2/b7-5+. The van der Waals surface area contributed by atoms with E-state index in [0.29, 0.717) is 0 Å². The third-order valence-electron chi connectivity index (χ3n) is 3.96. The molecule has 0 amide bonds. The Kier molecular flexibility index (Phi) is 5.73. The summed E-state index contributed by atoms with van der Waals surface area (Å²) in [6, 6.07) is 15.9. The minimum absolute atomic E-state index is 0.270. The number of aromatic nitrogens is 2. The second kappa shape index (κ2) is 8.18. The molecule has 4 heteroatoms. The number of nitrogens with zero attached hydrogens (tertiary/aromatic N) is 2. The van der Waals surface area contributed by atoms with Crippen molar-refractivity contribution in [1.29, 1.82) is 0 Å². The van der Waals surface area contributed by atoms with Crippen LogP contribution in [0.1, 0.15) is 23.5 Å². The van der Waals surface area contributed by atoms with E-state index in [2.05, 4.69) is 27.8 Å². The van der Waals surface area contributed by atoms with E-state index in [-0.39, 0.29) is 5.92 Å². The first kappa shape index (κ1) is 16.8. The quantitative estimate of drug-likeness (QED) is 0.523. The predicted molar refractivity (Wildman–Crippen MR) is 102 cm³/mol. The summed E-state index contributed by atoms with van der Waals surface area (Å²) in [7, 11) is 0. The molecule has 0 fully saturated rings. The van der Waals surface area contributed by atoms with Crippen LogP contribution >= 0.6 is 23.2 Å². The van der Waals surface area contributed by atoms with Crippen molar-refractivity contribution in [2.24, 2.45) is 0 Å². The fourth-order valence-corrected chi connectivity index (χ4v) is 3.21. The maximum Gasteiger partial charge on any atom is 0.0946 e. The molecular weight excluding hydrogens is 339 g/mol. The lowest BCUT2D eigenvalue weighted by atomic mass is 9.95. The summed E-state index contributed by atoms with van der Waals surface area (Å²) in [5.74, 6) is 0.270. The van der Waals surface area contributed by atoms with Crippen LogP contribution in [0.2, 0.25) is 10.0 Å². The molecule has 0 N–H and O–H groups in total. The Morgan fingerprint density at radius 1 is 1.00 bits per heavy atom. The van der Waals surface area contributed by atoms with Gasteiger partial charge in [0.1, 0.15) is 0 Å². The number of benzene rings is 2. The third-order valence-corrected chi connectivity index (χ3v) is 4.65. The first-order valence-electron chi connectivity index (χ1n) is 7.85. The van der Waals surface area contributed by atoms with E-state index < -0.39 is 0 Å². The van der Waals surface area contributed by atoms with Crippen LogP contribution in [0.5, 0.6) is 0 Å². The molecule has 0 saturated heterocycles. The van der Waals surface area contributed by atoms with Crippen LogP contribution in [0, 0.1) is 0 Å². The molecule has 0 spiro atoms. The highest BCUT2D eigenvalue weighted by molar-refractivity contribution is 6.32. The average Bonchev–Trinajstić information content (AvgIpc) is 3.09. The summed E-state index contributed by atoms with van der Waals surface area (Å²) in [5, 5.41) is 1.56. The monoisotopic (exact) mass is 356 g/mol. The zero-order valence-corrected chi connectivity index (χ0v) is 14.7. The summed E-state index contributed by atoms with van der Waals surface area (Å²) < 4.78 is 2.08. The van der Waals surface area contributed by atoms with Crippen LogP contribution in [0.3, 0.4) is 0 Å². The van der Waals surface area contributed by atoms with Gasteiger partial charge in [0.2, 0.25) is 0 Å². The van der Waals surface area contributed by atoms with Crippen LogP contribution in [-0.4, -0.2) is 9.55 Å². The molecule has 0 aliphatic rings. The van der Waals surface area contributed by atoms with Gasteiger partial charge in [0.15, 0.2) is 0 Å². The van der Waals surface area contributed by atoms with Gasteiger partial charge in [-0.1, -0.05) is 71.8 Å². The number of imidazole rings is 1. The van der Waals surface area contributed by atoms with Gasteiger partial charge in [-0.3, -0.25) is 0 Å². The van der Waals surface area contributed by atoms with Gasteiger partial charge in [-0.25, -0.2) is 4.98 Å². The summed E-state index contributed by atoms with van der Waals surface area (Å²) in [4.78, 5) is 4.13. The average molecular weight is 357 g/mol. The fraction of sp³-hybridized carbons (Fsp3) is 0.150. The van der Waals surface area contributed by atoms with Gasteiger partial charge in [-0.15, -0.1) is 0 Å². The topological polar surface area (TPSA) is 17.8 Å². The first-order chi connectivity index (χ1) is 11.7. The van der Waals surface area contributed by atoms with Crippen molar-refractivity contribution in [3.05, 3.63) is 94.5 Å². The van der Waals surface area contributed by atoms with Crippen molar-refractivity contribution in [3.8, 4) is 0 Å². The number of hydrogen-bond acceptors (Lipinski definition) is 1. The van der Waals surface area contributed by atoms with Gasteiger partial charge in [-0.05, 0) is 29.7 Å². The maximum absolute atomic E-state index is 6.41. The molecule has 0 aliphatic carbocycles. The van der Waals surface area contributed by atoms with Gasteiger partial charge >= 0.3 is 0 Å². The van der Waals surface area contributed by atoms with Crippen LogP contribution in [-0.2, 0) is 6.54 Å². The molecule has 24 heavy (non-hydrogen) atoms. The van der Waals surface area contributed by atoms with Gasteiger partial charge in [0.25, 0.3) is 0 Å². The largest absolute Gasteiger partial charge is 0.337 e. The number of halogens is 2. The Morgan fingerprint density at radius 2 is 1.75 bits per heavy atom. The minimum Gasteiger partial charge on any atom is -0.337 e. The Hall–Kier alpha value is -2.03. The molecule has 1 heterocycles. The molecule has 1 unspecified atom stereocenters. The highest BCUT2D eigenvalue weighted by Crippen LogP contribution is 2.29. The lowest BCUT2D eigenvalue weighted by Gasteiger charge is -2.17. The SMILES string of the molecule is Clc1ccccc1/C=C/CC(Cn1ccnc1)c1ccccc1Cl. The zero-order valence-electron chi connectivity index (χ0n) is 13.1. The minimum atomic E-state index is 0.270. The van der Waals surface area contributed by atoms with Crippen LogP contribution in [0.4, 0.5) is 0 Å². The smallest absolute Gasteiger partial charge is 0.0946 e. The fourth-order valence-electron chi connectivity index (χ4n) is 2.72. The summed E-state index contributed by atoms with van der Waals surface area (Å²) in [6.45, 7) is 0.830. The van der Waals surface area contributed by atoms with Crippen LogP contribution in [0.25, 0.3) is 6.08 Å². The van der Waals surface area contributed by atoms with E-state index in [1.165, 1.54) is 0 Å². The lowest BCUT2D eigenvalue weighted by molar-refractivity contribution is 0.564. The number of hydrogen-bond donors (Lipinski definition) is 0. The molecule has 3 aromatic rings. The van der Waals surface area contributed by atoms with Crippen molar-refractivity contribution >= 4 is 29.3 Å². The predicted octanol–water partition coefficient (Wildman–Crippen LogP) is 6.08. The molecule has 122 valence electrons. The molecule has 3 rings (SSSR count). The van der Waals surface area contributed by atoms with Crippen molar-refractivity contribution in [2.75, 3.05) is 0 Å². The second-order valence-electron chi connectivity index (χ2n) is 5.64. The van der Waals surface area contributed by atoms with Gasteiger partial charge in [-0.2, -0.15) is 0 Å². The lowest BCUT2D eigenvalue weighted by Crippen LogP contribution is -2.08.